The SMILES string of the molecule is CC(C)c1noc(CCCNC(=O)NCC(c2ccsc2)N(C)C)n1. The van der Waals surface area contributed by atoms with Gasteiger partial charge in [0.15, 0.2) is 5.82 Å². The molecule has 0 saturated carbocycles. The number of aromatic nitrogens is 2. The van der Waals surface area contributed by atoms with Crippen molar-refractivity contribution < 1.29 is 9.32 Å². The van der Waals surface area contributed by atoms with Gasteiger partial charge in [0.2, 0.25) is 5.89 Å². The van der Waals surface area contributed by atoms with Crippen molar-refractivity contribution in [3.05, 3.63) is 34.1 Å². The van der Waals surface area contributed by atoms with Crippen LogP contribution in [-0.2, 0) is 6.42 Å². The zero-order valence-corrected chi connectivity index (χ0v) is 16.1. The van der Waals surface area contributed by atoms with Gasteiger partial charge in [0.05, 0.1) is 6.04 Å². The number of aryl methyl sites for hydroxylation is 1. The first-order valence-electron chi connectivity index (χ1n) is 8.50. The van der Waals surface area contributed by atoms with Gasteiger partial charge in [0.25, 0.3) is 0 Å². The second-order valence-corrected chi connectivity index (χ2v) is 7.26. The third kappa shape index (κ3) is 6.13. The van der Waals surface area contributed by atoms with Gasteiger partial charge in [-0.15, -0.1) is 0 Å². The molecule has 7 nitrogen and oxygen atoms in total. The van der Waals surface area contributed by atoms with E-state index in [-0.39, 0.29) is 18.0 Å². The highest BCUT2D eigenvalue weighted by Crippen LogP contribution is 2.19. The number of rotatable bonds is 9. The van der Waals surface area contributed by atoms with Crippen LogP contribution in [0.5, 0.6) is 0 Å². The summed E-state index contributed by atoms with van der Waals surface area (Å²) in [6, 6.07) is 2.10. The number of likely N-dealkylation sites (N-methyl/N-ethyl adjacent to an activating group) is 1. The van der Waals surface area contributed by atoms with Crippen molar-refractivity contribution in [2.45, 2.75) is 38.6 Å². The van der Waals surface area contributed by atoms with Crippen molar-refractivity contribution in [1.82, 2.24) is 25.7 Å². The summed E-state index contributed by atoms with van der Waals surface area (Å²) in [5.41, 5.74) is 1.22. The molecule has 0 aliphatic heterocycles. The maximum absolute atomic E-state index is 12.0. The average Bonchev–Trinajstić information content (AvgIpc) is 3.23. The van der Waals surface area contributed by atoms with Gasteiger partial charge in [0, 0.05) is 25.4 Å². The minimum absolute atomic E-state index is 0.157. The van der Waals surface area contributed by atoms with Crippen LogP contribution >= 0.6 is 11.3 Å². The highest BCUT2D eigenvalue weighted by Gasteiger charge is 2.15. The van der Waals surface area contributed by atoms with E-state index in [1.54, 1.807) is 11.3 Å². The summed E-state index contributed by atoms with van der Waals surface area (Å²) in [6.45, 7) is 5.18. The van der Waals surface area contributed by atoms with E-state index in [4.69, 9.17) is 4.52 Å². The third-order valence-corrected chi connectivity index (χ3v) is 4.56. The molecule has 0 aromatic carbocycles. The fourth-order valence-corrected chi connectivity index (χ4v) is 3.07. The van der Waals surface area contributed by atoms with E-state index in [0.29, 0.717) is 25.4 Å². The molecule has 2 amide bonds. The molecule has 0 radical (unpaired) electrons. The van der Waals surface area contributed by atoms with Gasteiger partial charge in [0.1, 0.15) is 0 Å². The van der Waals surface area contributed by atoms with Gasteiger partial charge >= 0.3 is 6.03 Å². The Morgan fingerprint density at radius 3 is 2.76 bits per heavy atom. The lowest BCUT2D eigenvalue weighted by Gasteiger charge is -2.24. The predicted molar refractivity (Wildman–Crippen MR) is 98.9 cm³/mol. The molecule has 2 heterocycles. The maximum atomic E-state index is 12.0. The highest BCUT2D eigenvalue weighted by molar-refractivity contribution is 7.07. The minimum Gasteiger partial charge on any atom is -0.339 e. The van der Waals surface area contributed by atoms with Crippen LogP contribution in [0.15, 0.2) is 21.3 Å². The normalized spacial score (nSPS) is 12.6. The molecule has 25 heavy (non-hydrogen) atoms. The quantitative estimate of drug-likeness (QED) is 0.668. The van der Waals surface area contributed by atoms with Crippen molar-refractivity contribution in [2.75, 3.05) is 27.2 Å². The molecule has 0 aliphatic carbocycles. The number of urea groups is 1. The van der Waals surface area contributed by atoms with Crippen LogP contribution in [0.1, 0.15) is 49.5 Å². The van der Waals surface area contributed by atoms with Crippen LogP contribution in [-0.4, -0.2) is 48.3 Å². The van der Waals surface area contributed by atoms with Crippen LogP contribution in [0.3, 0.4) is 0 Å². The van der Waals surface area contributed by atoms with Gasteiger partial charge < -0.3 is 20.1 Å². The molecule has 2 N–H and O–H groups in total. The van der Waals surface area contributed by atoms with Gasteiger partial charge in [-0.25, -0.2) is 4.79 Å². The summed E-state index contributed by atoms with van der Waals surface area (Å²) in [6.07, 6.45) is 1.42. The van der Waals surface area contributed by atoms with Crippen molar-refractivity contribution in [1.29, 1.82) is 0 Å². The molecule has 1 unspecified atom stereocenters. The second-order valence-electron chi connectivity index (χ2n) is 6.48. The van der Waals surface area contributed by atoms with Gasteiger partial charge in [-0.1, -0.05) is 19.0 Å². The number of amides is 2. The summed E-state index contributed by atoms with van der Waals surface area (Å²) in [4.78, 5) is 18.4. The molecule has 2 rings (SSSR count). The minimum atomic E-state index is -0.157. The topological polar surface area (TPSA) is 83.3 Å². The van der Waals surface area contributed by atoms with Gasteiger partial charge in [-0.2, -0.15) is 16.3 Å². The van der Waals surface area contributed by atoms with E-state index < -0.39 is 0 Å². The Balaban J connectivity index is 1.66. The van der Waals surface area contributed by atoms with Crippen molar-refractivity contribution in [3.63, 3.8) is 0 Å². The average molecular weight is 366 g/mol. The lowest BCUT2D eigenvalue weighted by Crippen LogP contribution is -2.40. The fraction of sp³-hybridized carbons (Fsp3) is 0.588. The predicted octanol–water partition coefficient (Wildman–Crippen LogP) is 2.79. The van der Waals surface area contributed by atoms with Crippen LogP contribution in [0.25, 0.3) is 0 Å². The van der Waals surface area contributed by atoms with E-state index in [2.05, 4.69) is 37.1 Å². The molecule has 0 bridgehead atoms. The number of nitrogens with one attached hydrogen (secondary N) is 2. The van der Waals surface area contributed by atoms with E-state index in [0.717, 1.165) is 12.2 Å². The van der Waals surface area contributed by atoms with E-state index in [1.165, 1.54) is 5.56 Å². The van der Waals surface area contributed by atoms with Crippen LogP contribution in [0, 0.1) is 0 Å². The Kier molecular flexibility index (Phi) is 7.39. The lowest BCUT2D eigenvalue weighted by atomic mass is 10.1. The summed E-state index contributed by atoms with van der Waals surface area (Å²) in [7, 11) is 4.02. The van der Waals surface area contributed by atoms with Crippen LogP contribution in [0.2, 0.25) is 0 Å². The number of thiophene rings is 1. The van der Waals surface area contributed by atoms with E-state index in [1.807, 2.05) is 33.3 Å². The van der Waals surface area contributed by atoms with Crippen LogP contribution < -0.4 is 10.6 Å². The second kappa shape index (κ2) is 9.53. The standard InChI is InChI=1S/C17H27N5O2S/c1-12(2)16-20-15(24-21-16)6-5-8-18-17(23)19-10-14(22(3)4)13-7-9-25-11-13/h7,9,11-12,14H,5-6,8,10H2,1-4H3,(H2,18,19,23). The number of carbonyl (C=O) groups excluding carboxylic acids is 1. The first-order chi connectivity index (χ1) is 12.0. The summed E-state index contributed by atoms with van der Waals surface area (Å²) in [5, 5.41) is 13.9. The molecule has 0 aliphatic rings. The van der Waals surface area contributed by atoms with Crippen LogP contribution in [0.4, 0.5) is 4.79 Å². The number of hydrogen-bond donors (Lipinski definition) is 2. The van der Waals surface area contributed by atoms with E-state index in [9.17, 15) is 4.79 Å². The third-order valence-electron chi connectivity index (χ3n) is 3.86. The zero-order chi connectivity index (χ0) is 18.2. The number of hydrogen-bond acceptors (Lipinski definition) is 6. The Bertz CT molecular complexity index is 639. The molecule has 0 fully saturated rings. The zero-order valence-electron chi connectivity index (χ0n) is 15.3. The maximum Gasteiger partial charge on any atom is 0.314 e. The Morgan fingerprint density at radius 2 is 2.16 bits per heavy atom. The molecular formula is C17H27N5O2S. The Hall–Kier alpha value is -1.93. The molecule has 1 atom stereocenters. The first kappa shape index (κ1) is 19.4. The molecule has 0 spiro atoms. The highest BCUT2D eigenvalue weighted by atomic mass is 32.1. The monoisotopic (exact) mass is 365 g/mol. The number of carbonyl (C=O) groups is 1. The van der Waals surface area contributed by atoms with Gasteiger partial charge in [-0.05, 0) is 42.9 Å². The largest absolute Gasteiger partial charge is 0.339 e. The summed E-state index contributed by atoms with van der Waals surface area (Å²) < 4.78 is 5.19. The molecule has 8 heteroatoms. The molecular weight excluding hydrogens is 338 g/mol. The number of nitrogens with zero attached hydrogens (tertiary/aromatic N) is 3. The first-order valence-corrected chi connectivity index (χ1v) is 9.44. The summed E-state index contributed by atoms with van der Waals surface area (Å²) in [5.74, 6) is 1.61. The molecule has 138 valence electrons. The molecule has 2 aromatic heterocycles. The van der Waals surface area contributed by atoms with Crippen molar-refractivity contribution in [2.24, 2.45) is 0 Å². The van der Waals surface area contributed by atoms with E-state index >= 15 is 0 Å². The lowest BCUT2D eigenvalue weighted by molar-refractivity contribution is 0.232. The van der Waals surface area contributed by atoms with Crippen molar-refractivity contribution in [3.8, 4) is 0 Å². The molecule has 0 saturated heterocycles. The molecule has 2 aromatic rings. The fourth-order valence-electron chi connectivity index (χ4n) is 2.36. The Morgan fingerprint density at radius 1 is 1.36 bits per heavy atom. The smallest absolute Gasteiger partial charge is 0.314 e. The van der Waals surface area contributed by atoms with Crippen molar-refractivity contribution >= 4 is 17.4 Å². The Labute approximate surface area is 152 Å². The van der Waals surface area contributed by atoms with Gasteiger partial charge in [-0.3, -0.25) is 0 Å². The summed E-state index contributed by atoms with van der Waals surface area (Å²) >= 11 is 1.66.